The fraction of sp³-hybridized carbons (Fsp3) is 0.312. The number of benzene rings is 1. The number of allylic oxidation sites excluding steroid dienone is 1. The lowest BCUT2D eigenvalue weighted by atomic mass is 10.2. The van der Waals surface area contributed by atoms with Gasteiger partial charge >= 0.3 is 0 Å². The Morgan fingerprint density at radius 2 is 2.05 bits per heavy atom. The zero-order chi connectivity index (χ0) is 13.7. The van der Waals surface area contributed by atoms with Gasteiger partial charge in [0.1, 0.15) is 0 Å². The summed E-state index contributed by atoms with van der Waals surface area (Å²) in [5.74, 6) is -0.00244. The van der Waals surface area contributed by atoms with Gasteiger partial charge in [-0.25, -0.2) is 0 Å². The summed E-state index contributed by atoms with van der Waals surface area (Å²) in [5.41, 5.74) is 2.27. The Kier molecular flexibility index (Phi) is 4.39. The Morgan fingerprint density at radius 3 is 2.84 bits per heavy atom. The monoisotopic (exact) mass is 256 g/mol. The van der Waals surface area contributed by atoms with Crippen molar-refractivity contribution >= 4 is 16.8 Å². The summed E-state index contributed by atoms with van der Waals surface area (Å²) >= 11 is 0. The van der Waals surface area contributed by atoms with Crippen molar-refractivity contribution in [1.29, 1.82) is 0 Å². The number of aromatic nitrogens is 1. The van der Waals surface area contributed by atoms with E-state index >= 15 is 0 Å². The maximum absolute atomic E-state index is 11.4. The second-order valence-electron chi connectivity index (χ2n) is 4.93. The van der Waals surface area contributed by atoms with Crippen molar-refractivity contribution < 1.29 is 4.79 Å². The van der Waals surface area contributed by atoms with E-state index in [0.29, 0.717) is 6.54 Å². The molecular formula is C16H20N2O. The summed E-state index contributed by atoms with van der Waals surface area (Å²) in [7, 11) is 0. The van der Waals surface area contributed by atoms with E-state index in [1.165, 1.54) is 10.9 Å². The zero-order valence-corrected chi connectivity index (χ0v) is 11.5. The van der Waals surface area contributed by atoms with Crippen molar-refractivity contribution in [3.05, 3.63) is 48.2 Å². The molecule has 0 fully saturated rings. The van der Waals surface area contributed by atoms with E-state index in [1.54, 1.807) is 6.08 Å². The zero-order valence-electron chi connectivity index (χ0n) is 11.5. The number of amides is 1. The third-order valence-corrected chi connectivity index (χ3v) is 2.98. The molecule has 1 aromatic heterocycles. The average molecular weight is 256 g/mol. The maximum Gasteiger partial charge on any atom is 0.243 e. The molecule has 0 bridgehead atoms. The van der Waals surface area contributed by atoms with Crippen LogP contribution in [0.5, 0.6) is 0 Å². The van der Waals surface area contributed by atoms with Gasteiger partial charge in [0, 0.05) is 30.9 Å². The van der Waals surface area contributed by atoms with Gasteiger partial charge in [-0.2, -0.15) is 0 Å². The van der Waals surface area contributed by atoms with Gasteiger partial charge < -0.3 is 9.88 Å². The Bertz CT molecular complexity index is 592. The topological polar surface area (TPSA) is 34.0 Å². The maximum atomic E-state index is 11.4. The molecule has 3 nitrogen and oxygen atoms in total. The van der Waals surface area contributed by atoms with E-state index in [2.05, 4.69) is 40.3 Å². The van der Waals surface area contributed by atoms with Gasteiger partial charge in [-0.05, 0) is 37.8 Å². The van der Waals surface area contributed by atoms with Crippen LogP contribution >= 0.6 is 0 Å². The molecule has 1 heterocycles. The number of rotatable bonds is 5. The van der Waals surface area contributed by atoms with Crippen LogP contribution < -0.4 is 5.32 Å². The van der Waals surface area contributed by atoms with Crippen molar-refractivity contribution in [2.75, 3.05) is 6.54 Å². The molecule has 0 atom stereocenters. The highest BCUT2D eigenvalue weighted by atomic mass is 16.1. The van der Waals surface area contributed by atoms with Crippen LogP contribution in [0.4, 0.5) is 0 Å². The van der Waals surface area contributed by atoms with Crippen LogP contribution in [0.25, 0.3) is 10.9 Å². The molecule has 2 rings (SSSR count). The summed E-state index contributed by atoms with van der Waals surface area (Å²) in [5, 5.41) is 4.16. The van der Waals surface area contributed by atoms with Gasteiger partial charge in [0.05, 0.1) is 0 Å². The fourth-order valence-electron chi connectivity index (χ4n) is 2.11. The van der Waals surface area contributed by atoms with E-state index in [9.17, 15) is 4.79 Å². The van der Waals surface area contributed by atoms with E-state index in [0.717, 1.165) is 18.5 Å². The number of hydrogen-bond donors (Lipinski definition) is 1. The third kappa shape index (κ3) is 3.71. The molecule has 0 aliphatic heterocycles. The van der Waals surface area contributed by atoms with Gasteiger partial charge in [0.15, 0.2) is 0 Å². The highest BCUT2D eigenvalue weighted by Crippen LogP contribution is 2.15. The minimum Gasteiger partial charge on any atom is -0.352 e. The first-order chi connectivity index (χ1) is 9.16. The molecule has 0 radical (unpaired) electrons. The number of aryl methyl sites for hydroxylation is 1. The summed E-state index contributed by atoms with van der Waals surface area (Å²) in [6.07, 6.45) is 4.66. The van der Waals surface area contributed by atoms with E-state index in [1.807, 2.05) is 19.9 Å². The van der Waals surface area contributed by atoms with Gasteiger partial charge in [0.25, 0.3) is 0 Å². The van der Waals surface area contributed by atoms with E-state index in [4.69, 9.17) is 0 Å². The normalized spacial score (nSPS) is 10.4. The molecule has 0 unspecified atom stereocenters. The smallest absolute Gasteiger partial charge is 0.243 e. The summed E-state index contributed by atoms with van der Waals surface area (Å²) < 4.78 is 2.22. The minimum atomic E-state index is -0.00244. The largest absolute Gasteiger partial charge is 0.352 e. The Hall–Kier alpha value is -2.03. The van der Waals surface area contributed by atoms with Gasteiger partial charge in [0.2, 0.25) is 5.91 Å². The number of hydrogen-bond acceptors (Lipinski definition) is 1. The summed E-state index contributed by atoms with van der Waals surface area (Å²) in [6, 6.07) is 10.5. The molecule has 0 spiro atoms. The van der Waals surface area contributed by atoms with Gasteiger partial charge in [-0.15, -0.1) is 0 Å². The standard InChI is InChI=1S/C16H20N2O/c1-13(2)12-16(19)17-9-5-10-18-11-8-14-6-3-4-7-15(14)18/h3-4,6-8,11-12H,5,9-10H2,1-2H3,(H,17,19). The van der Waals surface area contributed by atoms with Crippen LogP contribution in [0.15, 0.2) is 48.2 Å². The molecular weight excluding hydrogens is 236 g/mol. The van der Waals surface area contributed by atoms with Crippen LogP contribution in [0.2, 0.25) is 0 Å². The van der Waals surface area contributed by atoms with Crippen molar-refractivity contribution in [1.82, 2.24) is 9.88 Å². The van der Waals surface area contributed by atoms with Gasteiger partial charge in [-0.1, -0.05) is 23.8 Å². The highest BCUT2D eigenvalue weighted by molar-refractivity contribution is 5.87. The quantitative estimate of drug-likeness (QED) is 0.647. The SMILES string of the molecule is CC(C)=CC(=O)NCCCn1ccc2ccccc21. The van der Waals surface area contributed by atoms with Gasteiger partial charge in [-0.3, -0.25) is 4.79 Å². The molecule has 0 aliphatic carbocycles. The van der Waals surface area contributed by atoms with Crippen LogP contribution in [0.1, 0.15) is 20.3 Å². The molecule has 1 N–H and O–H groups in total. The second kappa shape index (κ2) is 6.23. The Balaban J connectivity index is 1.83. The molecule has 0 aliphatic rings. The number of carbonyl (C=O) groups is 1. The highest BCUT2D eigenvalue weighted by Gasteiger charge is 2.00. The third-order valence-electron chi connectivity index (χ3n) is 2.98. The molecule has 1 amide bonds. The van der Waals surface area contributed by atoms with E-state index in [-0.39, 0.29) is 5.91 Å². The molecule has 1 aromatic carbocycles. The van der Waals surface area contributed by atoms with Crippen LogP contribution in [0.3, 0.4) is 0 Å². The molecule has 3 heteroatoms. The first-order valence-electron chi connectivity index (χ1n) is 6.63. The number of para-hydroxylation sites is 1. The molecule has 0 saturated heterocycles. The van der Waals surface area contributed by atoms with E-state index < -0.39 is 0 Å². The van der Waals surface area contributed by atoms with Crippen molar-refractivity contribution in [3.63, 3.8) is 0 Å². The average Bonchev–Trinajstić information content (AvgIpc) is 2.77. The predicted molar refractivity (Wildman–Crippen MR) is 79.0 cm³/mol. The van der Waals surface area contributed by atoms with Crippen molar-refractivity contribution in [2.24, 2.45) is 0 Å². The van der Waals surface area contributed by atoms with Crippen LogP contribution in [-0.4, -0.2) is 17.0 Å². The molecule has 2 aromatic rings. The van der Waals surface area contributed by atoms with Crippen molar-refractivity contribution in [3.8, 4) is 0 Å². The first kappa shape index (κ1) is 13.4. The Labute approximate surface area is 113 Å². The predicted octanol–water partition coefficient (Wildman–Crippen LogP) is 3.11. The lowest BCUT2D eigenvalue weighted by Gasteiger charge is -2.06. The number of nitrogens with one attached hydrogen (secondary N) is 1. The summed E-state index contributed by atoms with van der Waals surface area (Å²) in [6.45, 7) is 5.47. The second-order valence-corrected chi connectivity index (χ2v) is 4.93. The van der Waals surface area contributed by atoms with Crippen LogP contribution in [0, 0.1) is 0 Å². The first-order valence-corrected chi connectivity index (χ1v) is 6.63. The number of fused-ring (bicyclic) bond motifs is 1. The minimum absolute atomic E-state index is 0.00244. The molecule has 100 valence electrons. The number of nitrogens with zero attached hydrogens (tertiary/aromatic N) is 1. The lowest BCUT2D eigenvalue weighted by molar-refractivity contribution is -0.116. The molecule has 0 saturated carbocycles. The number of carbonyl (C=O) groups excluding carboxylic acids is 1. The lowest BCUT2D eigenvalue weighted by Crippen LogP contribution is -2.23. The van der Waals surface area contributed by atoms with Crippen molar-refractivity contribution in [2.45, 2.75) is 26.8 Å². The molecule has 19 heavy (non-hydrogen) atoms. The Morgan fingerprint density at radius 1 is 1.26 bits per heavy atom. The summed E-state index contributed by atoms with van der Waals surface area (Å²) in [4.78, 5) is 11.4. The fourth-order valence-corrected chi connectivity index (χ4v) is 2.11. The van der Waals surface area contributed by atoms with Crippen LogP contribution in [-0.2, 0) is 11.3 Å².